The Balaban J connectivity index is 0.000000181. The van der Waals surface area contributed by atoms with Crippen LogP contribution in [0, 0.1) is 13.8 Å². The van der Waals surface area contributed by atoms with Crippen molar-refractivity contribution in [1.29, 1.82) is 0 Å². The maximum Gasteiger partial charge on any atom is 0.294 e. The van der Waals surface area contributed by atoms with Gasteiger partial charge in [-0.05, 0) is 38.1 Å². The number of hydrogen-bond acceptors (Lipinski definition) is 10. The van der Waals surface area contributed by atoms with Crippen molar-refractivity contribution in [2.24, 2.45) is 0 Å². The van der Waals surface area contributed by atoms with Crippen molar-refractivity contribution in [3.8, 4) is 11.4 Å². The van der Waals surface area contributed by atoms with Crippen molar-refractivity contribution in [2.75, 3.05) is 16.8 Å². The lowest BCUT2D eigenvalue weighted by molar-refractivity contribution is 0.979. The number of anilines is 2. The molecule has 220 valence electrons. The molecule has 4 heterocycles. The van der Waals surface area contributed by atoms with Gasteiger partial charge in [-0.2, -0.15) is 0 Å². The first-order valence-corrected chi connectivity index (χ1v) is 14.0. The number of nitrogen functional groups attached to an aromatic ring is 2. The Morgan fingerprint density at radius 2 is 0.953 bits per heavy atom. The van der Waals surface area contributed by atoms with Gasteiger partial charge >= 0.3 is 0 Å². The third-order valence-corrected chi connectivity index (χ3v) is 6.34. The average molecular weight is 660 g/mol. The number of nitrogens with two attached hydrogens (primary N) is 2. The molecule has 0 radical (unpaired) electrons. The summed E-state index contributed by atoms with van der Waals surface area (Å²) in [5.41, 5.74) is 15.4. The highest BCUT2D eigenvalue weighted by Gasteiger charge is 2.15. The van der Waals surface area contributed by atoms with Gasteiger partial charge in [0.05, 0.1) is 16.7 Å². The number of rotatable bonds is 2. The molecule has 6 aromatic rings. The first-order valence-electron chi connectivity index (χ1n) is 12.2. The van der Waals surface area contributed by atoms with E-state index in [1.54, 1.807) is 0 Å². The van der Waals surface area contributed by atoms with Gasteiger partial charge in [-0.25, -0.2) is 29.9 Å². The Morgan fingerprint density at radius 1 is 0.628 bits per heavy atom. The second-order valence-corrected chi connectivity index (χ2v) is 10.2. The van der Waals surface area contributed by atoms with Gasteiger partial charge in [0, 0.05) is 0 Å². The minimum Gasteiger partial charge on any atom is -0.382 e. The monoisotopic (exact) mass is 658 g/mol. The smallest absolute Gasteiger partial charge is 0.294 e. The van der Waals surface area contributed by atoms with Crippen molar-refractivity contribution >= 4 is 80.4 Å². The third-order valence-electron chi connectivity index (χ3n) is 5.85. The molecule has 0 amide bonds. The Labute approximate surface area is 263 Å². The maximum absolute atomic E-state index is 12.2. The molecule has 6 rings (SSSR count). The van der Waals surface area contributed by atoms with Crippen LogP contribution in [0.1, 0.15) is 11.1 Å². The van der Waals surface area contributed by atoms with Gasteiger partial charge in [-0.1, -0.05) is 58.6 Å². The predicted molar refractivity (Wildman–Crippen MR) is 171 cm³/mol. The number of nitrogens with zero attached hydrogens (tertiary/aromatic N) is 8. The highest BCUT2D eigenvalue weighted by molar-refractivity contribution is 6.40. The number of alkyl halides is 2. The average Bonchev–Trinajstić information content (AvgIpc) is 2.98. The summed E-state index contributed by atoms with van der Waals surface area (Å²) in [7, 11) is 0. The Kier molecular flexibility index (Phi) is 10.1. The minimum absolute atomic E-state index is 0.167. The van der Waals surface area contributed by atoms with Crippen LogP contribution in [0.15, 0.2) is 70.8 Å². The number of aromatic nitrogens is 8. The molecule has 0 bridgehead atoms. The van der Waals surface area contributed by atoms with Gasteiger partial charge in [-0.3, -0.25) is 18.7 Å². The Morgan fingerprint density at radius 3 is 1.28 bits per heavy atom. The van der Waals surface area contributed by atoms with Crippen LogP contribution in [0.4, 0.5) is 11.6 Å². The molecule has 16 heteroatoms. The van der Waals surface area contributed by atoms with E-state index >= 15 is 0 Å². The van der Waals surface area contributed by atoms with E-state index in [9.17, 15) is 9.59 Å². The minimum atomic E-state index is -0.443. The van der Waals surface area contributed by atoms with E-state index < -0.39 is 11.1 Å². The topological polar surface area (TPSA) is 173 Å². The summed E-state index contributed by atoms with van der Waals surface area (Å²) in [4.78, 5) is 48.3. The van der Waals surface area contributed by atoms with Gasteiger partial charge in [0.2, 0.25) is 0 Å². The molecule has 0 saturated heterocycles. The number of aryl methyl sites for hydroxylation is 2. The zero-order chi connectivity index (χ0) is 31.3. The zero-order valence-electron chi connectivity index (χ0n) is 22.5. The van der Waals surface area contributed by atoms with Crippen LogP contribution >= 0.6 is 46.4 Å². The van der Waals surface area contributed by atoms with Crippen molar-refractivity contribution in [1.82, 2.24) is 39.0 Å². The molecule has 0 saturated carbocycles. The van der Waals surface area contributed by atoms with E-state index in [1.165, 1.54) is 21.8 Å². The second kappa shape index (κ2) is 13.7. The first kappa shape index (κ1) is 31.6. The highest BCUT2D eigenvalue weighted by Crippen LogP contribution is 2.20. The molecule has 0 unspecified atom stereocenters. The van der Waals surface area contributed by atoms with Crippen molar-refractivity contribution in [3.05, 3.63) is 103 Å². The molecule has 0 spiro atoms. The fourth-order valence-corrected chi connectivity index (χ4v) is 4.18. The van der Waals surface area contributed by atoms with Crippen LogP contribution in [0.2, 0.25) is 10.3 Å². The fourth-order valence-electron chi connectivity index (χ4n) is 3.84. The summed E-state index contributed by atoms with van der Waals surface area (Å²) >= 11 is 21.3. The maximum atomic E-state index is 12.2. The summed E-state index contributed by atoms with van der Waals surface area (Å²) in [6, 6.07) is 14.8. The summed E-state index contributed by atoms with van der Waals surface area (Å²) in [6.07, 6.45) is 2.58. The lowest BCUT2D eigenvalue weighted by atomic mass is 10.2. The summed E-state index contributed by atoms with van der Waals surface area (Å²) in [6.45, 7) is 3.93. The molecule has 0 aliphatic carbocycles. The fraction of sp³-hybridized carbons (Fsp3) is 0.111. The van der Waals surface area contributed by atoms with Crippen LogP contribution in [0.3, 0.4) is 0 Å². The molecule has 0 atom stereocenters. The number of benzene rings is 2. The van der Waals surface area contributed by atoms with Crippen LogP contribution in [-0.2, 0) is 0 Å². The van der Waals surface area contributed by atoms with Crippen LogP contribution in [0.5, 0.6) is 0 Å². The Hall–Kier alpha value is -4.36. The molecule has 2 aromatic carbocycles. The normalized spacial score (nSPS) is 10.6. The van der Waals surface area contributed by atoms with Crippen LogP contribution < -0.4 is 22.6 Å². The second-order valence-electron chi connectivity index (χ2n) is 8.72. The van der Waals surface area contributed by atoms with Gasteiger partial charge in [0.1, 0.15) is 12.7 Å². The number of halogens is 4. The van der Waals surface area contributed by atoms with E-state index in [0.29, 0.717) is 33.7 Å². The van der Waals surface area contributed by atoms with Crippen molar-refractivity contribution in [2.45, 2.75) is 13.8 Å². The lowest BCUT2D eigenvalue weighted by Crippen LogP contribution is -2.22. The molecule has 0 aliphatic rings. The molecule has 0 fully saturated rings. The SMILES string of the molecule is Cc1ccc(-n2c(=O)c(Cl)nc3c(N)ncnc32)cc1.Cc1ccc(-n2c(=O)c(Cl)nc3c(N)ncnc32)cc1.ClCCl. The molecular weight excluding hydrogens is 638 g/mol. The van der Waals surface area contributed by atoms with E-state index in [2.05, 4.69) is 29.9 Å². The number of fused-ring (bicyclic) bond motifs is 2. The number of hydrogen-bond donors (Lipinski definition) is 2. The van der Waals surface area contributed by atoms with Crippen LogP contribution in [-0.4, -0.2) is 44.4 Å². The largest absolute Gasteiger partial charge is 0.382 e. The quantitative estimate of drug-likeness (QED) is 0.244. The van der Waals surface area contributed by atoms with Crippen LogP contribution in [0.25, 0.3) is 33.7 Å². The van der Waals surface area contributed by atoms with Crippen molar-refractivity contribution in [3.63, 3.8) is 0 Å². The summed E-state index contributed by atoms with van der Waals surface area (Å²) < 4.78 is 2.75. The predicted octanol–water partition coefficient (Wildman–Crippen LogP) is 4.86. The molecule has 4 N–H and O–H groups in total. The van der Waals surface area contributed by atoms with Crippen molar-refractivity contribution < 1.29 is 0 Å². The highest BCUT2D eigenvalue weighted by atomic mass is 35.5. The summed E-state index contributed by atoms with van der Waals surface area (Å²) in [5.74, 6) is 0.357. The van der Waals surface area contributed by atoms with Gasteiger partial charge in [0.25, 0.3) is 11.1 Å². The third kappa shape index (κ3) is 6.83. The van der Waals surface area contributed by atoms with Gasteiger partial charge in [0.15, 0.2) is 44.3 Å². The molecule has 12 nitrogen and oxygen atoms in total. The lowest BCUT2D eigenvalue weighted by Gasteiger charge is -2.10. The van der Waals surface area contributed by atoms with E-state index in [0.717, 1.165) is 11.1 Å². The van der Waals surface area contributed by atoms with E-state index in [4.69, 9.17) is 57.9 Å². The summed E-state index contributed by atoms with van der Waals surface area (Å²) in [5, 5.41) is -0.140. The zero-order valence-corrected chi connectivity index (χ0v) is 25.6. The standard InChI is InChI=1S/2C13H10ClN5O.CH2Cl2/c2*1-7-2-4-8(5-3-7)19-12-9(11(15)16-6-17-12)18-10(14)13(19)20;2-1-3/h2*2-6H,1H3,(H2,15,16,17);1H2. The van der Waals surface area contributed by atoms with Gasteiger partial charge in [-0.15, -0.1) is 23.2 Å². The Bertz CT molecular complexity index is 1890. The first-order chi connectivity index (χ1) is 20.6. The molecular formula is C27H22Cl4N10O2. The molecule has 0 aliphatic heterocycles. The molecule has 4 aromatic heterocycles. The van der Waals surface area contributed by atoms with E-state index in [-0.39, 0.29) is 27.3 Å². The van der Waals surface area contributed by atoms with E-state index in [1.807, 2.05) is 62.4 Å². The molecule has 43 heavy (non-hydrogen) atoms. The van der Waals surface area contributed by atoms with Gasteiger partial charge < -0.3 is 11.5 Å².